The minimum atomic E-state index is 0.0483. The van der Waals surface area contributed by atoms with Crippen molar-refractivity contribution in [1.29, 1.82) is 0 Å². The van der Waals surface area contributed by atoms with Gasteiger partial charge in [0.05, 0.1) is 24.7 Å². The number of methoxy groups -OCH3 is 2. The number of nitrogens with one attached hydrogen (secondary N) is 1. The van der Waals surface area contributed by atoms with E-state index in [1.54, 1.807) is 32.0 Å². The van der Waals surface area contributed by atoms with Crippen LogP contribution < -0.4 is 14.8 Å². The van der Waals surface area contributed by atoms with Crippen LogP contribution in [0.15, 0.2) is 17.0 Å². The van der Waals surface area contributed by atoms with Gasteiger partial charge in [0.15, 0.2) is 5.78 Å². The Hall–Kier alpha value is -1.20. The molecule has 0 radical (unpaired) electrons. The Kier molecular flexibility index (Phi) is 6.01. The van der Waals surface area contributed by atoms with Crippen LogP contribution in [0, 0.1) is 0 Å². The van der Waals surface area contributed by atoms with E-state index < -0.39 is 0 Å². The Bertz CT molecular complexity index is 421. The Morgan fingerprint density at radius 3 is 2.44 bits per heavy atom. The minimum Gasteiger partial charge on any atom is -0.496 e. The fourth-order valence-corrected chi connectivity index (χ4v) is 2.19. The van der Waals surface area contributed by atoms with Crippen LogP contribution in [0.25, 0.3) is 0 Å². The maximum absolute atomic E-state index is 12.1. The lowest BCUT2D eigenvalue weighted by Crippen LogP contribution is -2.13. The molecular weight excluding hydrogens is 250 g/mol. The molecule has 1 aromatic carbocycles. The molecule has 1 rings (SSSR count). The molecule has 0 fully saturated rings. The summed E-state index contributed by atoms with van der Waals surface area (Å²) >= 11 is 1.56. The number of thioether (sulfide) groups is 1. The summed E-state index contributed by atoms with van der Waals surface area (Å²) in [6.45, 7) is 0.647. The van der Waals surface area contributed by atoms with Crippen LogP contribution in [-0.2, 0) is 0 Å². The fraction of sp³-hybridized carbons (Fsp3) is 0.462. The molecule has 0 heterocycles. The van der Waals surface area contributed by atoms with Crippen molar-refractivity contribution in [3.8, 4) is 11.5 Å². The van der Waals surface area contributed by atoms with Gasteiger partial charge in [0, 0.05) is 13.0 Å². The number of benzene rings is 1. The molecule has 100 valence electrons. The summed E-state index contributed by atoms with van der Waals surface area (Å²) in [6, 6.07) is 3.60. The highest BCUT2D eigenvalue weighted by atomic mass is 32.2. The second-order valence-electron chi connectivity index (χ2n) is 3.68. The maximum Gasteiger partial charge on any atom is 0.168 e. The third kappa shape index (κ3) is 3.40. The highest BCUT2D eigenvalue weighted by Crippen LogP contribution is 2.34. The molecule has 0 amide bonds. The topological polar surface area (TPSA) is 47.6 Å². The van der Waals surface area contributed by atoms with Crippen molar-refractivity contribution in [1.82, 2.24) is 5.32 Å². The Morgan fingerprint density at radius 1 is 1.28 bits per heavy atom. The van der Waals surface area contributed by atoms with Gasteiger partial charge in [-0.15, -0.1) is 11.8 Å². The van der Waals surface area contributed by atoms with Gasteiger partial charge in [-0.05, 0) is 25.4 Å². The molecule has 0 saturated heterocycles. The monoisotopic (exact) mass is 269 g/mol. The lowest BCUT2D eigenvalue weighted by Gasteiger charge is -2.13. The minimum absolute atomic E-state index is 0.0483. The molecule has 1 N–H and O–H groups in total. The van der Waals surface area contributed by atoms with Gasteiger partial charge in [0.25, 0.3) is 0 Å². The molecule has 0 bridgehead atoms. The van der Waals surface area contributed by atoms with Crippen LogP contribution in [0.5, 0.6) is 11.5 Å². The van der Waals surface area contributed by atoms with Crippen molar-refractivity contribution in [2.24, 2.45) is 0 Å². The van der Waals surface area contributed by atoms with Gasteiger partial charge in [-0.2, -0.15) is 0 Å². The van der Waals surface area contributed by atoms with Crippen LogP contribution >= 0.6 is 11.8 Å². The average molecular weight is 269 g/mol. The summed E-state index contributed by atoms with van der Waals surface area (Å²) in [5, 5.41) is 2.96. The van der Waals surface area contributed by atoms with Crippen LogP contribution in [-0.4, -0.2) is 39.9 Å². The standard InChI is InChI=1S/C13H19NO3S/c1-14-6-5-10(15)9-7-12(17-3)13(18-4)8-11(9)16-2/h7-8,14H,5-6H2,1-4H3. The van der Waals surface area contributed by atoms with Crippen molar-refractivity contribution in [2.45, 2.75) is 11.3 Å². The first-order valence-electron chi connectivity index (χ1n) is 5.65. The molecule has 0 saturated carbocycles. The maximum atomic E-state index is 12.1. The lowest BCUT2D eigenvalue weighted by atomic mass is 10.1. The van der Waals surface area contributed by atoms with E-state index in [9.17, 15) is 4.79 Å². The van der Waals surface area contributed by atoms with Gasteiger partial charge >= 0.3 is 0 Å². The van der Waals surface area contributed by atoms with Gasteiger partial charge in [-0.3, -0.25) is 4.79 Å². The van der Waals surface area contributed by atoms with Crippen molar-refractivity contribution in [3.63, 3.8) is 0 Å². The van der Waals surface area contributed by atoms with Gasteiger partial charge in [0.1, 0.15) is 11.5 Å². The molecule has 0 unspecified atom stereocenters. The number of rotatable bonds is 7. The first kappa shape index (κ1) is 14.9. The second kappa shape index (κ2) is 7.28. The third-order valence-electron chi connectivity index (χ3n) is 2.61. The van der Waals surface area contributed by atoms with Crippen molar-refractivity contribution < 1.29 is 14.3 Å². The summed E-state index contributed by atoms with van der Waals surface area (Å²) < 4.78 is 10.6. The van der Waals surface area contributed by atoms with Gasteiger partial charge in [-0.1, -0.05) is 0 Å². The largest absolute Gasteiger partial charge is 0.496 e. The summed E-state index contributed by atoms with van der Waals surface area (Å²) in [5.41, 5.74) is 0.572. The van der Waals surface area contributed by atoms with Gasteiger partial charge in [-0.25, -0.2) is 0 Å². The van der Waals surface area contributed by atoms with Crippen molar-refractivity contribution >= 4 is 17.5 Å². The van der Waals surface area contributed by atoms with E-state index in [0.717, 1.165) is 4.90 Å². The fourth-order valence-electron chi connectivity index (χ4n) is 1.62. The van der Waals surface area contributed by atoms with Crippen LogP contribution in [0.4, 0.5) is 0 Å². The van der Waals surface area contributed by atoms with E-state index in [1.165, 1.54) is 0 Å². The Morgan fingerprint density at radius 2 is 1.94 bits per heavy atom. The van der Waals surface area contributed by atoms with E-state index >= 15 is 0 Å². The van der Waals surface area contributed by atoms with E-state index in [4.69, 9.17) is 9.47 Å². The first-order chi connectivity index (χ1) is 8.67. The zero-order chi connectivity index (χ0) is 13.5. The predicted molar refractivity (Wildman–Crippen MR) is 74.2 cm³/mol. The van der Waals surface area contributed by atoms with Crippen LogP contribution in [0.1, 0.15) is 16.8 Å². The molecule has 0 aromatic heterocycles. The van der Waals surface area contributed by atoms with Gasteiger partial charge < -0.3 is 14.8 Å². The SMILES string of the molecule is CNCCC(=O)c1cc(OC)c(SC)cc1OC. The molecule has 0 aliphatic heterocycles. The number of carbonyl (C=O) groups excluding carboxylic acids is 1. The third-order valence-corrected chi connectivity index (χ3v) is 3.37. The molecule has 0 spiro atoms. The zero-order valence-corrected chi connectivity index (χ0v) is 12.0. The summed E-state index contributed by atoms with van der Waals surface area (Å²) in [6.07, 6.45) is 2.40. The molecular formula is C13H19NO3S. The molecule has 4 nitrogen and oxygen atoms in total. The Balaban J connectivity index is 3.12. The molecule has 18 heavy (non-hydrogen) atoms. The highest BCUT2D eigenvalue weighted by Gasteiger charge is 2.16. The number of ether oxygens (including phenoxy) is 2. The molecule has 1 aromatic rings. The normalized spacial score (nSPS) is 10.2. The van der Waals surface area contributed by atoms with E-state index in [1.807, 2.05) is 19.4 Å². The summed E-state index contributed by atoms with van der Waals surface area (Å²) in [7, 11) is 4.99. The molecule has 5 heteroatoms. The van der Waals surface area contributed by atoms with Crippen LogP contribution in [0.2, 0.25) is 0 Å². The lowest BCUT2D eigenvalue weighted by molar-refractivity contribution is 0.0979. The van der Waals surface area contributed by atoms with Crippen molar-refractivity contribution in [2.75, 3.05) is 34.1 Å². The number of carbonyl (C=O) groups is 1. The van der Waals surface area contributed by atoms with E-state index in [2.05, 4.69) is 5.32 Å². The number of ketones is 1. The summed E-state index contributed by atoms with van der Waals surface area (Å²) in [5.74, 6) is 1.35. The number of Topliss-reactive ketones (excluding diaryl/α,β-unsaturated/α-hetero) is 1. The predicted octanol–water partition coefficient (Wildman–Crippen LogP) is 2.22. The van der Waals surface area contributed by atoms with E-state index in [0.29, 0.717) is 30.0 Å². The zero-order valence-electron chi connectivity index (χ0n) is 11.2. The second-order valence-corrected chi connectivity index (χ2v) is 4.53. The number of hydrogen-bond donors (Lipinski definition) is 1. The molecule has 0 aliphatic rings. The average Bonchev–Trinajstić information content (AvgIpc) is 2.42. The summed E-state index contributed by atoms with van der Waals surface area (Å²) in [4.78, 5) is 13.0. The van der Waals surface area contributed by atoms with Gasteiger partial charge in [0.2, 0.25) is 0 Å². The smallest absolute Gasteiger partial charge is 0.168 e. The van der Waals surface area contributed by atoms with Crippen molar-refractivity contribution in [3.05, 3.63) is 17.7 Å². The molecule has 0 aliphatic carbocycles. The molecule has 0 atom stereocenters. The quantitative estimate of drug-likeness (QED) is 0.607. The highest BCUT2D eigenvalue weighted by molar-refractivity contribution is 7.98. The Labute approximate surface area is 112 Å². The first-order valence-corrected chi connectivity index (χ1v) is 6.88. The van der Waals surface area contributed by atoms with Crippen LogP contribution in [0.3, 0.4) is 0 Å². The van der Waals surface area contributed by atoms with E-state index in [-0.39, 0.29) is 5.78 Å². The number of hydrogen-bond acceptors (Lipinski definition) is 5.